The van der Waals surface area contributed by atoms with Crippen molar-refractivity contribution in [2.24, 2.45) is 5.10 Å². The third-order valence-electron chi connectivity index (χ3n) is 2.52. The van der Waals surface area contributed by atoms with Crippen LogP contribution in [0.1, 0.15) is 12.5 Å². The Kier molecular flexibility index (Phi) is 3.92. The fourth-order valence-corrected chi connectivity index (χ4v) is 1.64. The molecule has 0 amide bonds. The quantitative estimate of drug-likeness (QED) is 0.627. The molecule has 0 saturated carbocycles. The molecule has 0 aromatic heterocycles. The number of para-hydroxylation sites is 1. The maximum absolute atomic E-state index is 4.43. The normalized spacial score (nSPS) is 11.1. The fraction of sp³-hybridized carbons (Fsp3) is 0.0625. The van der Waals surface area contributed by atoms with Crippen molar-refractivity contribution in [2.45, 2.75) is 6.92 Å². The van der Waals surface area contributed by atoms with Gasteiger partial charge in [-0.15, -0.1) is 0 Å². The molecule has 0 heterocycles. The van der Waals surface area contributed by atoms with E-state index in [2.05, 4.69) is 17.1 Å². The monoisotopic (exact) mass is 236 g/mol. The summed E-state index contributed by atoms with van der Waals surface area (Å²) >= 11 is 0. The molecule has 2 aromatic carbocycles. The summed E-state index contributed by atoms with van der Waals surface area (Å²) in [7, 11) is 0. The molecule has 0 saturated heterocycles. The summed E-state index contributed by atoms with van der Waals surface area (Å²) in [5.41, 5.74) is 6.89. The average molecular weight is 236 g/mol. The molecule has 0 radical (unpaired) electrons. The second kappa shape index (κ2) is 5.82. The van der Waals surface area contributed by atoms with E-state index in [1.54, 1.807) is 0 Å². The topological polar surface area (TPSA) is 24.4 Å². The Morgan fingerprint density at radius 3 is 2.06 bits per heavy atom. The average Bonchev–Trinajstić information content (AvgIpc) is 2.41. The number of nitrogens with zero attached hydrogens (tertiary/aromatic N) is 1. The lowest BCUT2D eigenvalue weighted by atomic mass is 10.1. The van der Waals surface area contributed by atoms with Gasteiger partial charge in [-0.3, -0.25) is 5.43 Å². The van der Waals surface area contributed by atoms with Crippen molar-refractivity contribution < 1.29 is 0 Å². The van der Waals surface area contributed by atoms with Gasteiger partial charge in [0.25, 0.3) is 0 Å². The molecule has 0 aliphatic carbocycles. The van der Waals surface area contributed by atoms with Gasteiger partial charge in [-0.05, 0) is 24.6 Å². The van der Waals surface area contributed by atoms with Gasteiger partial charge < -0.3 is 0 Å². The van der Waals surface area contributed by atoms with Crippen LogP contribution in [0, 0.1) is 0 Å². The van der Waals surface area contributed by atoms with Gasteiger partial charge >= 0.3 is 0 Å². The van der Waals surface area contributed by atoms with E-state index in [9.17, 15) is 0 Å². The van der Waals surface area contributed by atoms with E-state index in [-0.39, 0.29) is 0 Å². The van der Waals surface area contributed by atoms with Crippen molar-refractivity contribution in [3.8, 4) is 0 Å². The smallest absolute Gasteiger partial charge is 0.0928 e. The standard InChI is InChI=1S/C16H16N2/c1-13(2)16(14-9-5-3-6-10-14)18-17-15-11-7-4-8-12-15/h3-12,17H,1H2,2H3/b18-16-. The molecule has 0 aliphatic rings. The number of hydrazone groups is 1. The van der Waals surface area contributed by atoms with E-state index in [4.69, 9.17) is 0 Å². The van der Waals surface area contributed by atoms with Crippen LogP contribution >= 0.6 is 0 Å². The van der Waals surface area contributed by atoms with Gasteiger partial charge in [0.1, 0.15) is 0 Å². The van der Waals surface area contributed by atoms with Crippen LogP contribution in [0.15, 0.2) is 77.9 Å². The lowest BCUT2D eigenvalue weighted by Gasteiger charge is -2.07. The van der Waals surface area contributed by atoms with Crippen LogP contribution < -0.4 is 5.43 Å². The number of nitrogens with one attached hydrogen (secondary N) is 1. The van der Waals surface area contributed by atoms with Gasteiger partial charge in [0.15, 0.2) is 0 Å². The van der Waals surface area contributed by atoms with E-state index in [0.717, 1.165) is 22.5 Å². The van der Waals surface area contributed by atoms with Crippen LogP contribution in [0.4, 0.5) is 5.69 Å². The van der Waals surface area contributed by atoms with Gasteiger partial charge in [0.2, 0.25) is 0 Å². The molecule has 0 fully saturated rings. The molecule has 0 atom stereocenters. The summed E-state index contributed by atoms with van der Waals surface area (Å²) < 4.78 is 0. The van der Waals surface area contributed by atoms with Crippen molar-refractivity contribution >= 4 is 11.4 Å². The maximum atomic E-state index is 4.43. The van der Waals surface area contributed by atoms with E-state index >= 15 is 0 Å². The minimum Gasteiger partial charge on any atom is -0.278 e. The molecule has 90 valence electrons. The summed E-state index contributed by atoms with van der Waals surface area (Å²) in [6, 6.07) is 19.9. The van der Waals surface area contributed by atoms with Gasteiger partial charge in [0.05, 0.1) is 11.4 Å². The summed E-state index contributed by atoms with van der Waals surface area (Å²) in [5.74, 6) is 0. The van der Waals surface area contributed by atoms with Crippen molar-refractivity contribution in [1.82, 2.24) is 0 Å². The second-order valence-electron chi connectivity index (χ2n) is 4.08. The minimum atomic E-state index is 0.874. The molecule has 18 heavy (non-hydrogen) atoms. The number of hydrogen-bond donors (Lipinski definition) is 1. The highest BCUT2D eigenvalue weighted by Crippen LogP contribution is 2.10. The van der Waals surface area contributed by atoms with Gasteiger partial charge in [-0.25, -0.2) is 0 Å². The Morgan fingerprint density at radius 2 is 1.50 bits per heavy atom. The van der Waals surface area contributed by atoms with Crippen LogP contribution in [0.25, 0.3) is 0 Å². The van der Waals surface area contributed by atoms with Crippen molar-refractivity contribution in [3.05, 3.63) is 78.4 Å². The first-order valence-corrected chi connectivity index (χ1v) is 5.87. The largest absolute Gasteiger partial charge is 0.278 e. The molecule has 0 unspecified atom stereocenters. The summed E-state index contributed by atoms with van der Waals surface area (Å²) in [6.45, 7) is 5.93. The molecule has 2 aromatic rings. The second-order valence-corrected chi connectivity index (χ2v) is 4.08. The molecule has 2 nitrogen and oxygen atoms in total. The third-order valence-corrected chi connectivity index (χ3v) is 2.52. The van der Waals surface area contributed by atoms with Crippen LogP contribution in [0.3, 0.4) is 0 Å². The molecule has 1 N–H and O–H groups in total. The lowest BCUT2D eigenvalue weighted by Crippen LogP contribution is -2.05. The van der Waals surface area contributed by atoms with E-state index in [0.29, 0.717) is 0 Å². The van der Waals surface area contributed by atoms with Crippen molar-refractivity contribution in [2.75, 3.05) is 5.43 Å². The van der Waals surface area contributed by atoms with Crippen molar-refractivity contribution in [1.29, 1.82) is 0 Å². The Hall–Kier alpha value is -2.35. The number of hydrogen-bond acceptors (Lipinski definition) is 2. The van der Waals surface area contributed by atoms with Crippen LogP contribution in [-0.4, -0.2) is 5.71 Å². The number of allylic oxidation sites excluding steroid dienone is 1. The highest BCUT2D eigenvalue weighted by molar-refractivity contribution is 6.12. The lowest BCUT2D eigenvalue weighted by molar-refractivity contribution is 1.32. The van der Waals surface area contributed by atoms with Crippen LogP contribution in [-0.2, 0) is 0 Å². The predicted octanol–water partition coefficient (Wildman–Crippen LogP) is 4.08. The molecule has 2 rings (SSSR count). The number of rotatable bonds is 4. The first kappa shape index (κ1) is 12.1. The molecular weight excluding hydrogens is 220 g/mol. The summed E-state index contributed by atoms with van der Waals surface area (Å²) in [5, 5.41) is 4.43. The Bertz CT molecular complexity index is 542. The predicted molar refractivity (Wildman–Crippen MR) is 77.9 cm³/mol. The van der Waals surface area contributed by atoms with Crippen molar-refractivity contribution in [3.63, 3.8) is 0 Å². The van der Waals surface area contributed by atoms with Crippen LogP contribution in [0.2, 0.25) is 0 Å². The van der Waals surface area contributed by atoms with E-state index in [1.165, 1.54) is 0 Å². The summed E-state index contributed by atoms with van der Waals surface area (Å²) in [4.78, 5) is 0. The summed E-state index contributed by atoms with van der Waals surface area (Å²) in [6.07, 6.45) is 0. The third kappa shape index (κ3) is 3.08. The number of anilines is 1. The zero-order valence-electron chi connectivity index (χ0n) is 10.4. The van der Waals surface area contributed by atoms with Gasteiger partial charge in [-0.2, -0.15) is 5.10 Å². The first-order chi connectivity index (χ1) is 8.77. The SMILES string of the molecule is C=C(C)/C(=N/Nc1ccccc1)c1ccccc1. The Labute approximate surface area is 108 Å². The molecule has 0 aliphatic heterocycles. The Morgan fingerprint density at radius 1 is 0.944 bits per heavy atom. The van der Waals surface area contributed by atoms with Crippen LogP contribution in [0.5, 0.6) is 0 Å². The highest BCUT2D eigenvalue weighted by atomic mass is 15.3. The fourth-order valence-electron chi connectivity index (χ4n) is 1.64. The highest BCUT2D eigenvalue weighted by Gasteiger charge is 2.03. The zero-order valence-corrected chi connectivity index (χ0v) is 10.4. The van der Waals surface area contributed by atoms with E-state index < -0.39 is 0 Å². The minimum absolute atomic E-state index is 0.874. The molecule has 0 bridgehead atoms. The van der Waals surface area contributed by atoms with Gasteiger partial charge in [-0.1, -0.05) is 55.1 Å². The van der Waals surface area contributed by atoms with E-state index in [1.807, 2.05) is 67.6 Å². The number of benzene rings is 2. The molecule has 2 heteroatoms. The Balaban J connectivity index is 2.24. The van der Waals surface area contributed by atoms with Gasteiger partial charge in [0, 0.05) is 5.56 Å². The zero-order chi connectivity index (χ0) is 12.8. The molecular formula is C16H16N2. The molecule has 0 spiro atoms. The maximum Gasteiger partial charge on any atom is 0.0928 e. The first-order valence-electron chi connectivity index (χ1n) is 5.87.